The SMILES string of the molecule is CCC(C)(C)C(=O)OC1CC(C)(C)OC1=O. The Labute approximate surface area is 96.3 Å². The van der Waals surface area contributed by atoms with E-state index >= 15 is 0 Å². The highest BCUT2D eigenvalue weighted by Gasteiger charge is 2.44. The summed E-state index contributed by atoms with van der Waals surface area (Å²) in [6.45, 7) is 9.15. The Morgan fingerprint density at radius 3 is 2.50 bits per heavy atom. The lowest BCUT2D eigenvalue weighted by Crippen LogP contribution is -2.32. The highest BCUT2D eigenvalue weighted by Crippen LogP contribution is 2.30. The number of cyclic esters (lactones) is 1. The number of hydrogen-bond acceptors (Lipinski definition) is 4. The van der Waals surface area contributed by atoms with Gasteiger partial charge in [0.15, 0.2) is 0 Å². The standard InChI is InChI=1S/C12H20O4/c1-6-11(2,3)10(14)15-8-7-12(4,5)16-9(8)13/h8H,6-7H2,1-5H3. The van der Waals surface area contributed by atoms with Crippen molar-refractivity contribution in [2.45, 2.75) is 59.2 Å². The number of hydrogen-bond donors (Lipinski definition) is 0. The fourth-order valence-electron chi connectivity index (χ4n) is 1.43. The first-order chi connectivity index (χ1) is 7.18. The van der Waals surface area contributed by atoms with E-state index in [2.05, 4.69) is 0 Å². The maximum atomic E-state index is 11.8. The summed E-state index contributed by atoms with van der Waals surface area (Å²) >= 11 is 0. The molecule has 92 valence electrons. The summed E-state index contributed by atoms with van der Waals surface area (Å²) in [5.41, 5.74) is -1.08. The Kier molecular flexibility index (Phi) is 3.31. The van der Waals surface area contributed by atoms with Gasteiger partial charge >= 0.3 is 11.9 Å². The summed E-state index contributed by atoms with van der Waals surface area (Å²) in [6, 6.07) is 0. The normalized spacial score (nSPS) is 24.1. The highest BCUT2D eigenvalue weighted by atomic mass is 16.6. The van der Waals surface area contributed by atoms with E-state index in [1.54, 1.807) is 13.8 Å². The minimum absolute atomic E-state index is 0.338. The molecule has 1 rings (SSSR count). The van der Waals surface area contributed by atoms with Gasteiger partial charge in [-0.25, -0.2) is 4.79 Å². The summed E-state index contributed by atoms with van der Waals surface area (Å²) in [4.78, 5) is 23.2. The lowest BCUT2D eigenvalue weighted by molar-refractivity contribution is -0.168. The van der Waals surface area contributed by atoms with Crippen molar-refractivity contribution < 1.29 is 19.1 Å². The Hall–Kier alpha value is -1.06. The molecule has 1 fully saturated rings. The second kappa shape index (κ2) is 4.07. The molecule has 0 aromatic rings. The summed E-state index contributed by atoms with van der Waals surface area (Å²) in [7, 11) is 0. The number of rotatable bonds is 3. The van der Waals surface area contributed by atoms with Gasteiger partial charge in [-0.1, -0.05) is 6.92 Å². The Morgan fingerprint density at radius 1 is 1.56 bits per heavy atom. The first-order valence-corrected chi connectivity index (χ1v) is 5.62. The molecule has 1 aliphatic rings. The molecule has 0 amide bonds. The van der Waals surface area contributed by atoms with Crippen LogP contribution < -0.4 is 0 Å². The van der Waals surface area contributed by atoms with Crippen LogP contribution in [0.4, 0.5) is 0 Å². The molecule has 0 saturated carbocycles. The van der Waals surface area contributed by atoms with Gasteiger partial charge in [0.25, 0.3) is 0 Å². The van der Waals surface area contributed by atoms with E-state index in [0.717, 1.165) is 0 Å². The van der Waals surface area contributed by atoms with Crippen molar-refractivity contribution in [1.29, 1.82) is 0 Å². The van der Waals surface area contributed by atoms with Gasteiger partial charge in [-0.15, -0.1) is 0 Å². The van der Waals surface area contributed by atoms with E-state index in [-0.39, 0.29) is 5.97 Å². The molecule has 0 spiro atoms. The molecule has 4 heteroatoms. The van der Waals surface area contributed by atoms with Crippen LogP contribution in [0.25, 0.3) is 0 Å². The second-order valence-electron chi connectivity index (χ2n) is 5.52. The minimum Gasteiger partial charge on any atom is -0.457 e. The molecule has 0 bridgehead atoms. The number of carbonyl (C=O) groups excluding carboxylic acids is 2. The quantitative estimate of drug-likeness (QED) is 0.694. The third kappa shape index (κ3) is 2.74. The van der Waals surface area contributed by atoms with Gasteiger partial charge in [-0.2, -0.15) is 0 Å². The first-order valence-electron chi connectivity index (χ1n) is 5.62. The number of carbonyl (C=O) groups is 2. The van der Waals surface area contributed by atoms with Crippen LogP contribution >= 0.6 is 0 Å². The van der Waals surface area contributed by atoms with Crippen LogP contribution in [0.15, 0.2) is 0 Å². The summed E-state index contributed by atoms with van der Waals surface area (Å²) in [5.74, 6) is -0.778. The van der Waals surface area contributed by atoms with Crippen LogP contribution in [0.3, 0.4) is 0 Å². The zero-order valence-electron chi connectivity index (χ0n) is 10.6. The fraction of sp³-hybridized carbons (Fsp3) is 0.833. The Balaban J connectivity index is 2.63. The van der Waals surface area contributed by atoms with Crippen molar-refractivity contribution in [3.63, 3.8) is 0 Å². The molecule has 1 aliphatic heterocycles. The molecule has 1 atom stereocenters. The maximum absolute atomic E-state index is 11.8. The van der Waals surface area contributed by atoms with Crippen molar-refractivity contribution in [3.05, 3.63) is 0 Å². The van der Waals surface area contributed by atoms with Crippen molar-refractivity contribution in [3.8, 4) is 0 Å². The van der Waals surface area contributed by atoms with Gasteiger partial charge in [0.1, 0.15) is 5.60 Å². The zero-order valence-corrected chi connectivity index (χ0v) is 10.6. The number of ether oxygens (including phenoxy) is 2. The molecule has 4 nitrogen and oxygen atoms in total. The van der Waals surface area contributed by atoms with Gasteiger partial charge in [-0.3, -0.25) is 4.79 Å². The molecule has 0 radical (unpaired) electrons. The molecule has 0 aromatic heterocycles. The van der Waals surface area contributed by atoms with Crippen LogP contribution in [0, 0.1) is 5.41 Å². The maximum Gasteiger partial charge on any atom is 0.348 e. The lowest BCUT2D eigenvalue weighted by Gasteiger charge is -2.22. The number of esters is 2. The molecule has 0 aromatic carbocycles. The van der Waals surface area contributed by atoms with Gasteiger partial charge in [0.05, 0.1) is 5.41 Å². The molecule has 0 N–H and O–H groups in total. The smallest absolute Gasteiger partial charge is 0.348 e. The third-order valence-corrected chi connectivity index (χ3v) is 3.00. The molecular formula is C12H20O4. The highest BCUT2D eigenvalue weighted by molar-refractivity contribution is 5.83. The predicted octanol–water partition coefficient (Wildman–Crippen LogP) is 2.06. The van der Waals surface area contributed by atoms with Crippen molar-refractivity contribution in [1.82, 2.24) is 0 Å². The summed E-state index contributed by atoms with van der Waals surface area (Å²) in [6.07, 6.45) is 0.363. The summed E-state index contributed by atoms with van der Waals surface area (Å²) in [5, 5.41) is 0. The van der Waals surface area contributed by atoms with E-state index in [1.165, 1.54) is 0 Å². The minimum atomic E-state index is -0.742. The molecular weight excluding hydrogens is 208 g/mol. The largest absolute Gasteiger partial charge is 0.457 e. The van der Waals surface area contributed by atoms with E-state index in [0.29, 0.717) is 12.8 Å². The zero-order chi connectivity index (χ0) is 12.6. The van der Waals surface area contributed by atoms with E-state index in [4.69, 9.17) is 9.47 Å². The fourth-order valence-corrected chi connectivity index (χ4v) is 1.43. The monoisotopic (exact) mass is 228 g/mol. The second-order valence-corrected chi connectivity index (χ2v) is 5.52. The first kappa shape index (κ1) is 13.0. The van der Waals surface area contributed by atoms with Crippen LogP contribution in [0.1, 0.15) is 47.5 Å². The summed E-state index contributed by atoms with van der Waals surface area (Å²) < 4.78 is 10.3. The average molecular weight is 228 g/mol. The molecule has 1 heterocycles. The molecule has 16 heavy (non-hydrogen) atoms. The van der Waals surface area contributed by atoms with Gasteiger partial charge < -0.3 is 9.47 Å². The van der Waals surface area contributed by atoms with Crippen molar-refractivity contribution in [2.75, 3.05) is 0 Å². The van der Waals surface area contributed by atoms with Crippen LogP contribution in [0.5, 0.6) is 0 Å². The Bertz CT molecular complexity index is 304. The van der Waals surface area contributed by atoms with Gasteiger partial charge in [-0.05, 0) is 34.1 Å². The van der Waals surface area contributed by atoms with E-state index in [1.807, 2.05) is 20.8 Å². The Morgan fingerprint density at radius 2 is 2.12 bits per heavy atom. The van der Waals surface area contributed by atoms with Gasteiger partial charge in [0.2, 0.25) is 6.10 Å². The average Bonchev–Trinajstić information content (AvgIpc) is 2.39. The van der Waals surface area contributed by atoms with E-state index in [9.17, 15) is 9.59 Å². The predicted molar refractivity (Wildman–Crippen MR) is 58.7 cm³/mol. The topological polar surface area (TPSA) is 52.6 Å². The van der Waals surface area contributed by atoms with Crippen LogP contribution in [-0.2, 0) is 19.1 Å². The molecule has 1 saturated heterocycles. The van der Waals surface area contributed by atoms with Crippen LogP contribution in [-0.4, -0.2) is 23.6 Å². The van der Waals surface area contributed by atoms with Gasteiger partial charge in [0, 0.05) is 6.42 Å². The van der Waals surface area contributed by atoms with Crippen molar-refractivity contribution in [2.24, 2.45) is 5.41 Å². The van der Waals surface area contributed by atoms with Crippen LogP contribution in [0.2, 0.25) is 0 Å². The third-order valence-electron chi connectivity index (χ3n) is 3.00. The molecule has 0 aliphatic carbocycles. The lowest BCUT2D eigenvalue weighted by atomic mass is 9.90. The van der Waals surface area contributed by atoms with E-state index < -0.39 is 23.1 Å². The van der Waals surface area contributed by atoms with Crippen molar-refractivity contribution >= 4 is 11.9 Å². The molecule has 1 unspecified atom stereocenters.